The Bertz CT molecular complexity index is 560. The Hall–Kier alpha value is -1.88. The molecule has 1 aliphatic heterocycles. The van der Waals surface area contributed by atoms with E-state index in [9.17, 15) is 9.59 Å². The predicted octanol–water partition coefficient (Wildman–Crippen LogP) is 2.95. The number of carbonyl (C=O) groups excluding carboxylic acids is 2. The van der Waals surface area contributed by atoms with Gasteiger partial charge < -0.3 is 15.4 Å². The fraction of sp³-hybridized carbons (Fsp3) is 0.579. The number of aryl methyl sites for hydroxylation is 2. The van der Waals surface area contributed by atoms with E-state index in [0.717, 1.165) is 42.6 Å². The summed E-state index contributed by atoms with van der Waals surface area (Å²) in [5, 5.41) is 6.14. The highest BCUT2D eigenvalue weighted by atomic mass is 16.5. The average Bonchev–Trinajstić information content (AvgIpc) is 2.58. The van der Waals surface area contributed by atoms with Gasteiger partial charge in [-0.3, -0.25) is 9.59 Å². The Balaban J connectivity index is 2.03. The standard InChI is InChI=1S/C19H28N2O3/c1-4-7-16(24-19(23)15-10-6-11-20-12-15)18(22)21-17-13(2)8-5-9-14(17)3/h5,8-9,15-16,20H,4,6-7,10-12H2,1-3H3,(H,21,22). The lowest BCUT2D eigenvalue weighted by molar-refractivity contribution is -0.159. The molecular weight excluding hydrogens is 304 g/mol. The zero-order chi connectivity index (χ0) is 17.5. The second-order valence-corrected chi connectivity index (χ2v) is 6.51. The second-order valence-electron chi connectivity index (χ2n) is 6.51. The van der Waals surface area contributed by atoms with E-state index in [1.54, 1.807) is 0 Å². The summed E-state index contributed by atoms with van der Waals surface area (Å²) in [6.45, 7) is 7.47. The number of benzene rings is 1. The number of piperidine rings is 1. The van der Waals surface area contributed by atoms with E-state index in [2.05, 4.69) is 10.6 Å². The summed E-state index contributed by atoms with van der Waals surface area (Å²) in [6, 6.07) is 5.87. The molecule has 0 spiro atoms. The molecule has 0 aromatic heterocycles. The van der Waals surface area contributed by atoms with Crippen LogP contribution in [0.15, 0.2) is 18.2 Å². The van der Waals surface area contributed by atoms with Gasteiger partial charge in [-0.2, -0.15) is 0 Å². The lowest BCUT2D eigenvalue weighted by Crippen LogP contribution is -2.39. The predicted molar refractivity (Wildman–Crippen MR) is 94.9 cm³/mol. The van der Waals surface area contributed by atoms with Crippen LogP contribution in [-0.2, 0) is 14.3 Å². The zero-order valence-electron chi connectivity index (χ0n) is 14.9. The Morgan fingerprint density at radius 2 is 2.04 bits per heavy atom. The first-order chi connectivity index (χ1) is 11.5. The summed E-state index contributed by atoms with van der Waals surface area (Å²) < 4.78 is 5.55. The van der Waals surface area contributed by atoms with Crippen LogP contribution in [0.4, 0.5) is 5.69 Å². The monoisotopic (exact) mass is 332 g/mol. The zero-order valence-corrected chi connectivity index (χ0v) is 14.9. The summed E-state index contributed by atoms with van der Waals surface area (Å²) >= 11 is 0. The number of carbonyl (C=O) groups is 2. The van der Waals surface area contributed by atoms with Gasteiger partial charge in [0.25, 0.3) is 5.91 Å². The van der Waals surface area contributed by atoms with Crippen molar-refractivity contribution in [2.75, 3.05) is 18.4 Å². The summed E-state index contributed by atoms with van der Waals surface area (Å²) in [4.78, 5) is 25.0. The lowest BCUT2D eigenvalue weighted by atomic mass is 10.00. The van der Waals surface area contributed by atoms with Crippen LogP contribution < -0.4 is 10.6 Å². The molecule has 1 aromatic carbocycles. The molecule has 1 saturated heterocycles. The fourth-order valence-electron chi connectivity index (χ4n) is 3.01. The molecule has 24 heavy (non-hydrogen) atoms. The van der Waals surface area contributed by atoms with Gasteiger partial charge in [-0.15, -0.1) is 0 Å². The van der Waals surface area contributed by atoms with Gasteiger partial charge in [-0.1, -0.05) is 31.5 Å². The largest absolute Gasteiger partial charge is 0.452 e. The maximum absolute atomic E-state index is 12.6. The van der Waals surface area contributed by atoms with Gasteiger partial charge in [0, 0.05) is 12.2 Å². The van der Waals surface area contributed by atoms with Gasteiger partial charge in [0.15, 0.2) is 6.10 Å². The quantitative estimate of drug-likeness (QED) is 0.786. The summed E-state index contributed by atoms with van der Waals surface area (Å²) in [5.41, 5.74) is 2.81. The van der Waals surface area contributed by atoms with E-state index in [-0.39, 0.29) is 17.8 Å². The number of anilines is 1. The van der Waals surface area contributed by atoms with Crippen LogP contribution >= 0.6 is 0 Å². The van der Waals surface area contributed by atoms with Crippen LogP contribution in [0.5, 0.6) is 0 Å². The molecule has 0 aliphatic carbocycles. The van der Waals surface area contributed by atoms with Crippen molar-refractivity contribution in [3.05, 3.63) is 29.3 Å². The molecule has 0 bridgehead atoms. The maximum atomic E-state index is 12.6. The first kappa shape index (κ1) is 18.5. The first-order valence-electron chi connectivity index (χ1n) is 8.81. The SMILES string of the molecule is CCCC(OC(=O)C1CCCNC1)C(=O)Nc1c(C)cccc1C. The Kier molecular flexibility index (Phi) is 6.79. The van der Waals surface area contributed by atoms with Crippen molar-refractivity contribution >= 4 is 17.6 Å². The van der Waals surface area contributed by atoms with Crippen molar-refractivity contribution in [3.63, 3.8) is 0 Å². The van der Waals surface area contributed by atoms with E-state index in [1.807, 2.05) is 39.0 Å². The molecule has 5 heteroatoms. The number of esters is 1. The normalized spacial score (nSPS) is 18.7. The fourth-order valence-corrected chi connectivity index (χ4v) is 3.01. The van der Waals surface area contributed by atoms with Gasteiger partial charge in [0.1, 0.15) is 0 Å². The van der Waals surface area contributed by atoms with Gasteiger partial charge in [0.05, 0.1) is 5.92 Å². The third kappa shape index (κ3) is 4.81. The minimum absolute atomic E-state index is 0.147. The molecule has 2 N–H and O–H groups in total. The summed E-state index contributed by atoms with van der Waals surface area (Å²) in [7, 11) is 0. The molecule has 0 saturated carbocycles. The minimum atomic E-state index is -0.733. The van der Waals surface area contributed by atoms with E-state index in [4.69, 9.17) is 4.74 Å². The summed E-state index contributed by atoms with van der Waals surface area (Å²) in [5.74, 6) is -0.658. The summed E-state index contributed by atoms with van der Waals surface area (Å²) in [6.07, 6.45) is 2.36. The van der Waals surface area contributed by atoms with E-state index < -0.39 is 6.10 Å². The van der Waals surface area contributed by atoms with Crippen molar-refractivity contribution in [3.8, 4) is 0 Å². The molecular formula is C19H28N2O3. The molecule has 2 atom stereocenters. The average molecular weight is 332 g/mol. The van der Waals surface area contributed by atoms with E-state index in [0.29, 0.717) is 13.0 Å². The molecule has 1 aliphatic rings. The third-order valence-corrected chi connectivity index (χ3v) is 4.46. The van der Waals surface area contributed by atoms with Crippen LogP contribution in [0.1, 0.15) is 43.7 Å². The Labute approximate surface area is 144 Å². The molecule has 5 nitrogen and oxygen atoms in total. The molecule has 1 fully saturated rings. The number of amides is 1. The third-order valence-electron chi connectivity index (χ3n) is 4.46. The molecule has 0 radical (unpaired) electrons. The Morgan fingerprint density at radius 3 is 2.62 bits per heavy atom. The van der Waals surface area contributed by atoms with Crippen LogP contribution in [-0.4, -0.2) is 31.1 Å². The minimum Gasteiger partial charge on any atom is -0.452 e. The molecule has 1 amide bonds. The van der Waals surface area contributed by atoms with Crippen LogP contribution in [0, 0.1) is 19.8 Å². The molecule has 2 unspecified atom stereocenters. The number of rotatable bonds is 6. The highest BCUT2D eigenvalue weighted by molar-refractivity contribution is 5.96. The van der Waals surface area contributed by atoms with Crippen molar-refractivity contribution < 1.29 is 14.3 Å². The smallest absolute Gasteiger partial charge is 0.311 e. The van der Waals surface area contributed by atoms with Crippen LogP contribution in [0.2, 0.25) is 0 Å². The van der Waals surface area contributed by atoms with E-state index in [1.165, 1.54) is 0 Å². The molecule has 132 valence electrons. The number of ether oxygens (including phenoxy) is 1. The van der Waals surface area contributed by atoms with Gasteiger partial charge in [-0.05, 0) is 50.8 Å². The molecule has 1 heterocycles. The van der Waals surface area contributed by atoms with Gasteiger partial charge in [-0.25, -0.2) is 0 Å². The van der Waals surface area contributed by atoms with Gasteiger partial charge in [0.2, 0.25) is 0 Å². The van der Waals surface area contributed by atoms with E-state index >= 15 is 0 Å². The van der Waals surface area contributed by atoms with Crippen LogP contribution in [0.3, 0.4) is 0 Å². The number of para-hydroxylation sites is 1. The van der Waals surface area contributed by atoms with Crippen molar-refractivity contribution in [1.29, 1.82) is 0 Å². The number of nitrogens with one attached hydrogen (secondary N) is 2. The van der Waals surface area contributed by atoms with Crippen LogP contribution in [0.25, 0.3) is 0 Å². The first-order valence-corrected chi connectivity index (χ1v) is 8.81. The number of hydrogen-bond acceptors (Lipinski definition) is 4. The highest BCUT2D eigenvalue weighted by Crippen LogP contribution is 2.21. The highest BCUT2D eigenvalue weighted by Gasteiger charge is 2.28. The molecule has 2 rings (SSSR count). The number of hydrogen-bond donors (Lipinski definition) is 2. The van der Waals surface area contributed by atoms with Gasteiger partial charge >= 0.3 is 5.97 Å². The topological polar surface area (TPSA) is 67.4 Å². The molecule has 1 aromatic rings. The van der Waals surface area contributed by atoms with Crippen molar-refractivity contribution in [2.45, 2.75) is 52.6 Å². The lowest BCUT2D eigenvalue weighted by Gasteiger charge is -2.24. The maximum Gasteiger partial charge on any atom is 0.311 e. The van der Waals surface area contributed by atoms with Crippen molar-refractivity contribution in [2.24, 2.45) is 5.92 Å². The Morgan fingerprint density at radius 1 is 1.33 bits per heavy atom. The second kappa shape index (κ2) is 8.83. The van der Waals surface area contributed by atoms with Crippen molar-refractivity contribution in [1.82, 2.24) is 5.32 Å².